The molecule has 1 heterocycles. The zero-order chi connectivity index (χ0) is 13.4. The molecule has 1 atom stereocenters. The third-order valence-corrected chi connectivity index (χ3v) is 3.75. The van der Waals surface area contributed by atoms with Crippen LogP contribution in [0.4, 0.5) is 0 Å². The van der Waals surface area contributed by atoms with Gasteiger partial charge in [0.25, 0.3) is 0 Å². The average Bonchev–Trinajstić information content (AvgIpc) is 2.78. The molecule has 0 aromatic rings. The molecule has 5 nitrogen and oxygen atoms in total. The van der Waals surface area contributed by atoms with Gasteiger partial charge >= 0.3 is 5.97 Å². The van der Waals surface area contributed by atoms with E-state index >= 15 is 0 Å². The molecule has 0 saturated carbocycles. The Labute approximate surface area is 109 Å². The Morgan fingerprint density at radius 3 is 2.72 bits per heavy atom. The van der Waals surface area contributed by atoms with E-state index in [1.54, 1.807) is 7.11 Å². The predicted octanol–water partition coefficient (Wildman–Crippen LogP) is 1.23. The lowest BCUT2D eigenvalue weighted by Crippen LogP contribution is -2.35. The number of nitrogens with zero attached hydrogens (tertiary/aromatic N) is 1. The van der Waals surface area contributed by atoms with Gasteiger partial charge in [0, 0.05) is 33.4 Å². The summed E-state index contributed by atoms with van der Waals surface area (Å²) in [5.74, 6) is -0.659. The number of likely N-dealkylation sites (tertiary alicyclic amines) is 1. The van der Waals surface area contributed by atoms with Gasteiger partial charge in [0.2, 0.25) is 0 Å². The summed E-state index contributed by atoms with van der Waals surface area (Å²) >= 11 is 0. The van der Waals surface area contributed by atoms with Crippen molar-refractivity contribution in [2.24, 2.45) is 5.41 Å². The number of methoxy groups -OCH3 is 1. The molecule has 1 N–H and O–H groups in total. The quantitative estimate of drug-likeness (QED) is 0.631. The van der Waals surface area contributed by atoms with Crippen molar-refractivity contribution in [3.63, 3.8) is 0 Å². The number of ether oxygens (including phenoxy) is 2. The Hall–Kier alpha value is -0.650. The molecule has 0 amide bonds. The van der Waals surface area contributed by atoms with Gasteiger partial charge in [0.05, 0.1) is 12.0 Å². The lowest BCUT2D eigenvalue weighted by molar-refractivity contribution is -0.148. The van der Waals surface area contributed by atoms with Crippen LogP contribution in [0.3, 0.4) is 0 Å². The van der Waals surface area contributed by atoms with E-state index in [1.807, 2.05) is 6.92 Å². The standard InChI is InChI=1S/C13H25NO4/c1-3-13(12(15)16)5-6-14(11-13)7-10-18-9-4-8-17-2/h3-11H2,1-2H3,(H,15,16). The van der Waals surface area contributed by atoms with Crippen molar-refractivity contribution in [1.82, 2.24) is 4.90 Å². The summed E-state index contributed by atoms with van der Waals surface area (Å²) in [6, 6.07) is 0. The van der Waals surface area contributed by atoms with Crippen LogP contribution >= 0.6 is 0 Å². The van der Waals surface area contributed by atoms with Gasteiger partial charge in [-0.25, -0.2) is 0 Å². The Morgan fingerprint density at radius 1 is 1.39 bits per heavy atom. The SMILES string of the molecule is CCC1(C(=O)O)CCN(CCOCCCOC)C1. The Bertz CT molecular complexity index is 259. The van der Waals surface area contributed by atoms with Crippen LogP contribution in [0.25, 0.3) is 0 Å². The zero-order valence-electron chi connectivity index (χ0n) is 11.5. The summed E-state index contributed by atoms with van der Waals surface area (Å²) in [7, 11) is 1.68. The summed E-state index contributed by atoms with van der Waals surface area (Å²) in [4.78, 5) is 13.5. The molecule has 0 aliphatic carbocycles. The van der Waals surface area contributed by atoms with Crippen LogP contribution < -0.4 is 0 Å². The average molecular weight is 259 g/mol. The second-order valence-corrected chi connectivity index (χ2v) is 4.92. The predicted molar refractivity (Wildman–Crippen MR) is 68.7 cm³/mol. The molecule has 0 aromatic heterocycles. The van der Waals surface area contributed by atoms with Crippen LogP contribution in [-0.4, -0.2) is 62.5 Å². The van der Waals surface area contributed by atoms with Crippen molar-refractivity contribution in [3.05, 3.63) is 0 Å². The van der Waals surface area contributed by atoms with Crippen molar-refractivity contribution in [2.75, 3.05) is 46.6 Å². The second kappa shape index (κ2) is 7.71. The first kappa shape index (κ1) is 15.4. The molecule has 1 aliphatic rings. The van der Waals surface area contributed by atoms with Gasteiger partial charge in [-0.2, -0.15) is 0 Å². The molecule has 1 rings (SSSR count). The molecule has 1 unspecified atom stereocenters. The Kier molecular flexibility index (Phi) is 6.60. The molecule has 1 fully saturated rings. The molecule has 5 heteroatoms. The van der Waals surface area contributed by atoms with Gasteiger partial charge in [-0.3, -0.25) is 9.69 Å². The van der Waals surface area contributed by atoms with Gasteiger partial charge in [0.15, 0.2) is 0 Å². The minimum atomic E-state index is -0.659. The highest BCUT2D eigenvalue weighted by atomic mass is 16.5. The highest BCUT2D eigenvalue weighted by Gasteiger charge is 2.42. The highest BCUT2D eigenvalue weighted by molar-refractivity contribution is 5.75. The lowest BCUT2D eigenvalue weighted by Gasteiger charge is -2.23. The number of hydrogen-bond donors (Lipinski definition) is 1. The first-order valence-corrected chi connectivity index (χ1v) is 6.67. The van der Waals surface area contributed by atoms with E-state index in [1.165, 1.54) is 0 Å². The number of carbonyl (C=O) groups is 1. The molecule has 0 spiro atoms. The van der Waals surface area contributed by atoms with Crippen molar-refractivity contribution < 1.29 is 19.4 Å². The monoisotopic (exact) mass is 259 g/mol. The maximum absolute atomic E-state index is 11.3. The van der Waals surface area contributed by atoms with Crippen molar-refractivity contribution in [1.29, 1.82) is 0 Å². The summed E-state index contributed by atoms with van der Waals surface area (Å²) in [5, 5.41) is 9.28. The third-order valence-electron chi connectivity index (χ3n) is 3.75. The number of aliphatic carboxylic acids is 1. The molecular weight excluding hydrogens is 234 g/mol. The molecular formula is C13H25NO4. The largest absolute Gasteiger partial charge is 0.481 e. The van der Waals surface area contributed by atoms with Crippen LogP contribution in [0.1, 0.15) is 26.2 Å². The lowest BCUT2D eigenvalue weighted by atomic mass is 9.84. The molecule has 18 heavy (non-hydrogen) atoms. The molecule has 0 bridgehead atoms. The number of carboxylic acids is 1. The minimum absolute atomic E-state index is 0.532. The van der Waals surface area contributed by atoms with E-state index in [-0.39, 0.29) is 0 Å². The van der Waals surface area contributed by atoms with Crippen LogP contribution in [0, 0.1) is 5.41 Å². The number of hydrogen-bond acceptors (Lipinski definition) is 4. The van der Waals surface area contributed by atoms with Crippen LogP contribution in [0.15, 0.2) is 0 Å². The van der Waals surface area contributed by atoms with Gasteiger partial charge in [0.1, 0.15) is 0 Å². The second-order valence-electron chi connectivity index (χ2n) is 4.92. The zero-order valence-corrected chi connectivity index (χ0v) is 11.5. The number of rotatable bonds is 9. The topological polar surface area (TPSA) is 59.0 Å². The van der Waals surface area contributed by atoms with E-state index in [0.29, 0.717) is 26.2 Å². The van der Waals surface area contributed by atoms with E-state index in [4.69, 9.17) is 9.47 Å². The van der Waals surface area contributed by atoms with E-state index in [2.05, 4.69) is 4.90 Å². The van der Waals surface area contributed by atoms with Crippen molar-refractivity contribution in [3.8, 4) is 0 Å². The van der Waals surface area contributed by atoms with Crippen LogP contribution in [0.5, 0.6) is 0 Å². The summed E-state index contributed by atoms with van der Waals surface area (Å²) in [5.41, 5.74) is -0.532. The normalized spacial score (nSPS) is 24.6. The molecule has 1 aliphatic heterocycles. The maximum Gasteiger partial charge on any atom is 0.310 e. The molecule has 0 radical (unpaired) electrons. The molecule has 1 saturated heterocycles. The van der Waals surface area contributed by atoms with Crippen LogP contribution in [0.2, 0.25) is 0 Å². The van der Waals surface area contributed by atoms with Crippen LogP contribution in [-0.2, 0) is 14.3 Å². The van der Waals surface area contributed by atoms with Crippen molar-refractivity contribution >= 4 is 5.97 Å². The van der Waals surface area contributed by atoms with E-state index < -0.39 is 11.4 Å². The van der Waals surface area contributed by atoms with Gasteiger partial charge in [-0.1, -0.05) is 6.92 Å². The smallest absolute Gasteiger partial charge is 0.310 e. The first-order valence-electron chi connectivity index (χ1n) is 6.67. The third kappa shape index (κ3) is 4.23. The first-order chi connectivity index (χ1) is 8.64. The van der Waals surface area contributed by atoms with E-state index in [9.17, 15) is 9.90 Å². The molecule has 0 aromatic carbocycles. The fourth-order valence-electron chi connectivity index (χ4n) is 2.36. The highest BCUT2D eigenvalue weighted by Crippen LogP contribution is 2.33. The summed E-state index contributed by atoms with van der Waals surface area (Å²) in [6.45, 7) is 6.40. The van der Waals surface area contributed by atoms with Gasteiger partial charge < -0.3 is 14.6 Å². The fraction of sp³-hybridized carbons (Fsp3) is 0.923. The van der Waals surface area contributed by atoms with Crippen molar-refractivity contribution in [2.45, 2.75) is 26.2 Å². The van der Waals surface area contributed by atoms with E-state index in [0.717, 1.165) is 32.5 Å². The molecule has 106 valence electrons. The summed E-state index contributed by atoms with van der Waals surface area (Å²) in [6.07, 6.45) is 2.36. The Morgan fingerprint density at radius 2 is 2.17 bits per heavy atom. The minimum Gasteiger partial charge on any atom is -0.481 e. The number of carboxylic acid groups (broad SMARTS) is 1. The fourth-order valence-corrected chi connectivity index (χ4v) is 2.36. The maximum atomic E-state index is 11.3. The van der Waals surface area contributed by atoms with Gasteiger partial charge in [-0.15, -0.1) is 0 Å². The summed E-state index contributed by atoms with van der Waals surface area (Å²) < 4.78 is 10.4. The Balaban J connectivity index is 2.16. The van der Waals surface area contributed by atoms with Gasteiger partial charge in [-0.05, 0) is 25.8 Å².